The minimum atomic E-state index is 0.264. The summed E-state index contributed by atoms with van der Waals surface area (Å²) < 4.78 is 5.97. The molecule has 0 bridgehead atoms. The first kappa shape index (κ1) is 13.8. The van der Waals surface area contributed by atoms with Gasteiger partial charge in [0.05, 0.1) is 5.25 Å². The number of benzene rings is 2. The van der Waals surface area contributed by atoms with Gasteiger partial charge in [-0.3, -0.25) is 0 Å². The maximum atomic E-state index is 6.15. The molecule has 0 saturated carbocycles. The molecule has 0 saturated heterocycles. The van der Waals surface area contributed by atoms with Crippen LogP contribution in [-0.2, 0) is 0 Å². The Kier molecular flexibility index (Phi) is 4.20. The van der Waals surface area contributed by atoms with Gasteiger partial charge in [-0.25, -0.2) is 0 Å². The molecule has 0 fully saturated rings. The first-order chi connectivity index (χ1) is 9.79. The van der Waals surface area contributed by atoms with Crippen LogP contribution in [0.5, 0.6) is 11.5 Å². The van der Waals surface area contributed by atoms with Gasteiger partial charge in [0, 0.05) is 16.1 Å². The Bertz CT molecular complexity index is 617. The predicted molar refractivity (Wildman–Crippen MR) is 85.9 cm³/mol. The standard InChI is InChI=1S/C16H16ClNOS/c17-11-6-7-15-13(10-11)16(20-9-3-8-18)12-4-1-2-5-14(12)19-15/h1-2,4-7,10,16H,3,8-9,18H2. The summed E-state index contributed by atoms with van der Waals surface area (Å²) in [6, 6.07) is 14.0. The maximum Gasteiger partial charge on any atom is 0.132 e. The van der Waals surface area contributed by atoms with Crippen molar-refractivity contribution >= 4 is 23.4 Å². The topological polar surface area (TPSA) is 35.2 Å². The highest BCUT2D eigenvalue weighted by Gasteiger charge is 2.27. The molecule has 2 aromatic rings. The molecule has 1 aliphatic heterocycles. The largest absolute Gasteiger partial charge is 0.457 e. The van der Waals surface area contributed by atoms with Gasteiger partial charge < -0.3 is 10.5 Å². The Morgan fingerprint density at radius 3 is 2.75 bits per heavy atom. The van der Waals surface area contributed by atoms with E-state index in [1.165, 1.54) is 5.56 Å². The smallest absolute Gasteiger partial charge is 0.132 e. The SMILES string of the molecule is NCCCSC1c2ccccc2Oc2ccc(Cl)cc21. The summed E-state index contributed by atoms with van der Waals surface area (Å²) in [4.78, 5) is 0. The highest BCUT2D eigenvalue weighted by Crippen LogP contribution is 2.49. The molecule has 20 heavy (non-hydrogen) atoms. The third-order valence-electron chi connectivity index (χ3n) is 3.31. The second kappa shape index (κ2) is 6.08. The van der Waals surface area contributed by atoms with Crippen molar-refractivity contribution in [2.24, 2.45) is 5.73 Å². The number of hydrogen-bond acceptors (Lipinski definition) is 3. The van der Waals surface area contributed by atoms with Gasteiger partial charge in [0.25, 0.3) is 0 Å². The Hall–Kier alpha value is -1.16. The fourth-order valence-corrected chi connectivity index (χ4v) is 3.84. The molecule has 1 atom stereocenters. The Balaban J connectivity index is 1.99. The molecule has 0 radical (unpaired) electrons. The third-order valence-corrected chi connectivity index (χ3v) is 4.91. The van der Waals surface area contributed by atoms with Crippen molar-refractivity contribution in [1.82, 2.24) is 0 Å². The van der Waals surface area contributed by atoms with E-state index in [-0.39, 0.29) is 5.25 Å². The second-order valence-electron chi connectivity index (χ2n) is 4.72. The van der Waals surface area contributed by atoms with Crippen molar-refractivity contribution in [3.05, 3.63) is 58.6 Å². The van der Waals surface area contributed by atoms with Gasteiger partial charge in [-0.05, 0) is 43.0 Å². The van der Waals surface area contributed by atoms with Crippen LogP contribution in [0.25, 0.3) is 0 Å². The third kappa shape index (κ3) is 2.66. The molecule has 2 aromatic carbocycles. The molecular weight excluding hydrogens is 290 g/mol. The maximum absolute atomic E-state index is 6.15. The van der Waals surface area contributed by atoms with E-state index in [2.05, 4.69) is 6.07 Å². The van der Waals surface area contributed by atoms with E-state index in [1.807, 2.05) is 48.2 Å². The molecule has 0 amide bonds. The molecule has 1 unspecified atom stereocenters. The summed E-state index contributed by atoms with van der Waals surface area (Å²) in [7, 11) is 0. The lowest BCUT2D eigenvalue weighted by molar-refractivity contribution is 0.459. The number of ether oxygens (including phenoxy) is 1. The average Bonchev–Trinajstić information content (AvgIpc) is 2.47. The van der Waals surface area contributed by atoms with Crippen LogP contribution in [0.2, 0.25) is 5.02 Å². The molecule has 2 N–H and O–H groups in total. The first-order valence-corrected chi connectivity index (χ1v) is 8.10. The molecule has 0 spiro atoms. The van der Waals surface area contributed by atoms with Crippen molar-refractivity contribution < 1.29 is 4.74 Å². The van der Waals surface area contributed by atoms with Crippen molar-refractivity contribution in [3.63, 3.8) is 0 Å². The van der Waals surface area contributed by atoms with Gasteiger partial charge in [0.1, 0.15) is 11.5 Å². The molecule has 1 heterocycles. The molecule has 4 heteroatoms. The van der Waals surface area contributed by atoms with Crippen molar-refractivity contribution in [3.8, 4) is 11.5 Å². The number of hydrogen-bond donors (Lipinski definition) is 1. The van der Waals surface area contributed by atoms with Gasteiger partial charge in [-0.1, -0.05) is 29.8 Å². The summed E-state index contributed by atoms with van der Waals surface area (Å²) in [6.45, 7) is 0.722. The first-order valence-electron chi connectivity index (χ1n) is 6.67. The summed E-state index contributed by atoms with van der Waals surface area (Å²) in [5, 5.41) is 1.01. The van der Waals surface area contributed by atoms with Gasteiger partial charge in [0.2, 0.25) is 0 Å². The van der Waals surface area contributed by atoms with Crippen LogP contribution in [0.1, 0.15) is 22.8 Å². The van der Waals surface area contributed by atoms with E-state index in [4.69, 9.17) is 22.1 Å². The highest BCUT2D eigenvalue weighted by molar-refractivity contribution is 7.99. The number of thioether (sulfide) groups is 1. The van der Waals surface area contributed by atoms with E-state index in [1.54, 1.807) is 0 Å². The van der Waals surface area contributed by atoms with Crippen molar-refractivity contribution in [2.45, 2.75) is 11.7 Å². The minimum absolute atomic E-state index is 0.264. The van der Waals surface area contributed by atoms with Crippen molar-refractivity contribution in [2.75, 3.05) is 12.3 Å². The quantitative estimate of drug-likeness (QED) is 0.837. The predicted octanol–water partition coefficient (Wildman–Crippen LogP) is 4.62. The lowest BCUT2D eigenvalue weighted by Crippen LogP contribution is -2.09. The second-order valence-corrected chi connectivity index (χ2v) is 6.36. The highest BCUT2D eigenvalue weighted by atomic mass is 35.5. The van der Waals surface area contributed by atoms with Gasteiger partial charge in [-0.15, -0.1) is 11.8 Å². The van der Waals surface area contributed by atoms with Gasteiger partial charge >= 0.3 is 0 Å². The molecule has 104 valence electrons. The lowest BCUT2D eigenvalue weighted by Gasteiger charge is -2.28. The minimum Gasteiger partial charge on any atom is -0.457 e. The van der Waals surface area contributed by atoms with E-state index in [9.17, 15) is 0 Å². The van der Waals surface area contributed by atoms with Crippen LogP contribution in [0.3, 0.4) is 0 Å². The van der Waals surface area contributed by atoms with Gasteiger partial charge in [-0.2, -0.15) is 0 Å². The fraction of sp³-hybridized carbons (Fsp3) is 0.250. The van der Waals surface area contributed by atoms with E-state index >= 15 is 0 Å². The molecule has 2 nitrogen and oxygen atoms in total. The molecule has 3 rings (SSSR count). The van der Waals surface area contributed by atoms with E-state index in [0.717, 1.165) is 40.8 Å². The number of fused-ring (bicyclic) bond motifs is 2. The summed E-state index contributed by atoms with van der Waals surface area (Å²) in [6.07, 6.45) is 1.01. The van der Waals surface area contributed by atoms with Crippen LogP contribution < -0.4 is 10.5 Å². The Morgan fingerprint density at radius 2 is 1.90 bits per heavy atom. The average molecular weight is 306 g/mol. The lowest BCUT2D eigenvalue weighted by atomic mass is 10.00. The molecule has 1 aliphatic rings. The van der Waals surface area contributed by atoms with E-state index in [0.29, 0.717) is 0 Å². The Morgan fingerprint density at radius 1 is 1.10 bits per heavy atom. The molecule has 0 aliphatic carbocycles. The van der Waals surface area contributed by atoms with E-state index < -0.39 is 0 Å². The van der Waals surface area contributed by atoms with Crippen LogP contribution in [0.4, 0.5) is 0 Å². The summed E-state index contributed by atoms with van der Waals surface area (Å²) >= 11 is 8.04. The zero-order valence-corrected chi connectivity index (χ0v) is 12.6. The van der Waals surface area contributed by atoms with Crippen LogP contribution in [0.15, 0.2) is 42.5 Å². The number of rotatable bonds is 4. The number of para-hydroxylation sites is 1. The fourth-order valence-electron chi connectivity index (χ4n) is 2.36. The number of halogens is 1. The van der Waals surface area contributed by atoms with Crippen LogP contribution >= 0.6 is 23.4 Å². The monoisotopic (exact) mass is 305 g/mol. The number of nitrogens with two attached hydrogens (primary N) is 1. The summed E-state index contributed by atoms with van der Waals surface area (Å²) in [5.74, 6) is 2.87. The zero-order chi connectivity index (χ0) is 13.9. The summed E-state index contributed by atoms with van der Waals surface area (Å²) in [5.41, 5.74) is 7.96. The zero-order valence-electron chi connectivity index (χ0n) is 11.0. The van der Waals surface area contributed by atoms with Crippen LogP contribution in [-0.4, -0.2) is 12.3 Å². The molecular formula is C16H16ClNOS. The Labute approximate surface area is 128 Å². The van der Waals surface area contributed by atoms with Gasteiger partial charge in [0.15, 0.2) is 0 Å². The normalized spacial score (nSPS) is 16.2. The molecule has 0 aromatic heterocycles. The van der Waals surface area contributed by atoms with Crippen molar-refractivity contribution in [1.29, 1.82) is 0 Å². The van der Waals surface area contributed by atoms with Crippen LogP contribution in [0, 0.1) is 0 Å².